The summed E-state index contributed by atoms with van der Waals surface area (Å²) in [7, 11) is 0. The highest BCUT2D eigenvalue weighted by Gasteiger charge is 2.43. The van der Waals surface area contributed by atoms with Gasteiger partial charge >= 0.3 is 0 Å². The second kappa shape index (κ2) is 4.31. The maximum absolute atomic E-state index is 10.3. The Morgan fingerprint density at radius 2 is 1.60 bits per heavy atom. The number of hydrogen-bond acceptors (Lipinski definition) is 1. The zero-order chi connectivity index (χ0) is 5.49. The Hall–Kier alpha value is -0.530. The fraction of sp³-hybridized carbons (Fsp3) is 0.875. The number of carbonyl (C=O) groups is 1. The number of hydrogen-bond donors (Lipinski definition) is 1. The first-order valence-corrected chi connectivity index (χ1v) is 2.45. The van der Waals surface area contributed by atoms with E-state index >= 15 is 0 Å². The number of rotatable bonds is 1. The molecule has 2 N–H and O–H groups in total. The van der Waals surface area contributed by atoms with E-state index in [1.165, 1.54) is 0 Å². The highest BCUT2D eigenvalue weighted by molar-refractivity contribution is 5.82. The van der Waals surface area contributed by atoms with Crippen molar-refractivity contribution in [2.24, 2.45) is 11.1 Å². The van der Waals surface area contributed by atoms with E-state index in [-0.39, 0.29) is 33.6 Å². The van der Waals surface area contributed by atoms with E-state index in [1.807, 2.05) is 6.92 Å². The number of nitrogens with two attached hydrogens (primary N) is 1. The molecule has 2 heteroatoms. The topological polar surface area (TPSA) is 43.1 Å². The molecular weight excluding hydrogens is 126 g/mol. The molecule has 1 fully saturated rings. The molecule has 0 aromatic heterocycles. The molecule has 0 heterocycles. The molecule has 1 rings (SSSR count). The van der Waals surface area contributed by atoms with Crippen molar-refractivity contribution < 1.29 is 4.79 Å². The largest absolute Gasteiger partial charge is 0.369 e. The van der Waals surface area contributed by atoms with Crippen LogP contribution in [0.25, 0.3) is 0 Å². The predicted octanol–water partition coefficient (Wildman–Crippen LogP) is 2.18. The van der Waals surface area contributed by atoms with E-state index in [1.54, 1.807) is 0 Å². The summed E-state index contributed by atoms with van der Waals surface area (Å²) in [5.41, 5.74) is 4.88. The molecule has 0 radical (unpaired) electrons. The molecule has 0 aromatic rings. The summed E-state index contributed by atoms with van der Waals surface area (Å²) < 4.78 is 0. The van der Waals surface area contributed by atoms with Gasteiger partial charge in [0, 0.05) is 5.41 Å². The Kier molecular flexibility index (Phi) is 7.00. The van der Waals surface area contributed by atoms with Crippen molar-refractivity contribution in [3.8, 4) is 0 Å². The molecule has 0 saturated heterocycles. The lowest BCUT2D eigenvalue weighted by molar-refractivity contribution is -0.122. The van der Waals surface area contributed by atoms with Crippen LogP contribution in [-0.2, 0) is 4.79 Å². The van der Waals surface area contributed by atoms with Crippen molar-refractivity contribution in [3.63, 3.8) is 0 Å². The van der Waals surface area contributed by atoms with Crippen molar-refractivity contribution in [1.82, 2.24) is 0 Å². The monoisotopic (exact) mass is 147 g/mol. The van der Waals surface area contributed by atoms with Crippen LogP contribution in [0.2, 0.25) is 0 Å². The zero-order valence-corrected chi connectivity index (χ0v) is 4.40. The van der Waals surface area contributed by atoms with Gasteiger partial charge in [0.05, 0.1) is 0 Å². The molecule has 64 valence electrons. The summed E-state index contributed by atoms with van der Waals surface area (Å²) in [6.45, 7) is 1.90. The first-order valence-electron chi connectivity index (χ1n) is 2.45. The number of amides is 1. The van der Waals surface area contributed by atoms with Gasteiger partial charge < -0.3 is 5.73 Å². The summed E-state index contributed by atoms with van der Waals surface area (Å²) >= 11 is 0. The molecule has 1 saturated carbocycles. The van der Waals surface area contributed by atoms with Gasteiger partial charge in [-0.15, -0.1) is 0 Å². The van der Waals surface area contributed by atoms with E-state index in [0.717, 1.165) is 12.8 Å². The van der Waals surface area contributed by atoms with Crippen LogP contribution in [0.1, 0.15) is 42.0 Å². The molecule has 2 nitrogen and oxygen atoms in total. The van der Waals surface area contributed by atoms with Crippen molar-refractivity contribution >= 4 is 5.91 Å². The minimum atomic E-state index is -0.146. The molecule has 0 aromatic carbocycles. The quantitative estimate of drug-likeness (QED) is 0.607. The van der Waals surface area contributed by atoms with E-state index < -0.39 is 0 Å². The predicted molar refractivity (Wildman–Crippen MR) is 46.7 cm³/mol. The highest BCUT2D eigenvalue weighted by atomic mass is 16.1. The lowest BCUT2D eigenvalue weighted by Gasteiger charge is -1.96. The van der Waals surface area contributed by atoms with Gasteiger partial charge in [-0.25, -0.2) is 0 Å². The van der Waals surface area contributed by atoms with Crippen LogP contribution in [0, 0.1) is 5.41 Å². The summed E-state index contributed by atoms with van der Waals surface area (Å²) in [5.74, 6) is -0.146. The number of carbonyl (C=O) groups excluding carboxylic acids is 1. The average Bonchev–Trinajstić information content (AvgIpc) is 2.21. The minimum absolute atomic E-state index is 0. The molecule has 0 spiro atoms. The highest BCUT2D eigenvalue weighted by Crippen LogP contribution is 2.44. The van der Waals surface area contributed by atoms with Gasteiger partial charge in [-0.3, -0.25) is 4.79 Å². The first-order chi connectivity index (χ1) is 3.15. The Balaban J connectivity index is -0.000000163. The molecule has 1 aliphatic carbocycles. The third kappa shape index (κ3) is 2.85. The lowest BCUT2D eigenvalue weighted by atomic mass is 10.1. The van der Waals surface area contributed by atoms with Gasteiger partial charge in [0.2, 0.25) is 5.91 Å². The normalized spacial score (nSPS) is 16.9. The molecular formula is C8H21NO. The SMILES string of the molecule is C.C.C.CC1(C(N)=O)CC1. The molecule has 1 aliphatic rings. The third-order valence-corrected chi connectivity index (χ3v) is 1.59. The molecule has 0 bridgehead atoms. The van der Waals surface area contributed by atoms with Crippen LogP contribution in [-0.4, -0.2) is 5.91 Å². The second-order valence-corrected chi connectivity index (χ2v) is 2.42. The van der Waals surface area contributed by atoms with Gasteiger partial charge in [0.1, 0.15) is 0 Å². The fourth-order valence-corrected chi connectivity index (χ4v) is 0.434. The van der Waals surface area contributed by atoms with Gasteiger partial charge in [-0.1, -0.05) is 29.2 Å². The Labute approximate surface area is 64.8 Å². The summed E-state index contributed by atoms with van der Waals surface area (Å²) in [5, 5.41) is 0. The summed E-state index contributed by atoms with van der Waals surface area (Å²) in [4.78, 5) is 10.3. The summed E-state index contributed by atoms with van der Waals surface area (Å²) in [6.07, 6.45) is 1.98. The van der Waals surface area contributed by atoms with Crippen molar-refractivity contribution in [2.45, 2.75) is 42.0 Å². The van der Waals surface area contributed by atoms with E-state index in [4.69, 9.17) is 5.73 Å². The lowest BCUT2D eigenvalue weighted by Crippen LogP contribution is -2.21. The first kappa shape index (κ1) is 16.2. The standard InChI is InChI=1S/C5H9NO.3CH4/c1-5(2-3-5)4(6)7;;;/h2-3H2,1H3,(H2,6,7);3*1H4. The fourth-order valence-electron chi connectivity index (χ4n) is 0.434. The smallest absolute Gasteiger partial charge is 0.223 e. The second-order valence-electron chi connectivity index (χ2n) is 2.42. The van der Waals surface area contributed by atoms with E-state index in [0.29, 0.717) is 0 Å². The van der Waals surface area contributed by atoms with Gasteiger partial charge in [-0.2, -0.15) is 0 Å². The Morgan fingerprint density at radius 3 is 1.60 bits per heavy atom. The van der Waals surface area contributed by atoms with Gasteiger partial charge in [-0.05, 0) is 12.8 Å². The number of primary amides is 1. The van der Waals surface area contributed by atoms with Crippen LogP contribution in [0.3, 0.4) is 0 Å². The molecule has 1 amide bonds. The van der Waals surface area contributed by atoms with Crippen LogP contribution in [0.15, 0.2) is 0 Å². The van der Waals surface area contributed by atoms with Crippen molar-refractivity contribution in [2.75, 3.05) is 0 Å². The van der Waals surface area contributed by atoms with Crippen LogP contribution in [0.4, 0.5) is 0 Å². The maximum Gasteiger partial charge on any atom is 0.223 e. The molecule has 10 heavy (non-hydrogen) atoms. The van der Waals surface area contributed by atoms with Crippen molar-refractivity contribution in [3.05, 3.63) is 0 Å². The zero-order valence-electron chi connectivity index (χ0n) is 4.40. The Morgan fingerprint density at radius 1 is 1.30 bits per heavy atom. The third-order valence-electron chi connectivity index (χ3n) is 1.59. The van der Waals surface area contributed by atoms with Gasteiger partial charge in [0.25, 0.3) is 0 Å². The molecule has 0 atom stereocenters. The van der Waals surface area contributed by atoms with Crippen molar-refractivity contribution in [1.29, 1.82) is 0 Å². The molecule has 0 aliphatic heterocycles. The molecule has 0 unspecified atom stereocenters. The van der Waals surface area contributed by atoms with Crippen LogP contribution in [0.5, 0.6) is 0 Å². The van der Waals surface area contributed by atoms with E-state index in [9.17, 15) is 4.79 Å². The van der Waals surface area contributed by atoms with E-state index in [2.05, 4.69) is 0 Å². The van der Waals surface area contributed by atoms with Crippen LogP contribution < -0.4 is 5.73 Å². The van der Waals surface area contributed by atoms with Gasteiger partial charge in [0.15, 0.2) is 0 Å². The summed E-state index contributed by atoms with van der Waals surface area (Å²) in [6, 6.07) is 0. The Bertz CT molecular complexity index is 106. The van der Waals surface area contributed by atoms with Crippen LogP contribution >= 0.6 is 0 Å². The minimum Gasteiger partial charge on any atom is -0.369 e. The maximum atomic E-state index is 10.3. The average molecular weight is 147 g/mol.